The highest BCUT2D eigenvalue weighted by molar-refractivity contribution is 8.07. The van der Waals surface area contributed by atoms with E-state index in [-0.39, 0.29) is 46.8 Å². The summed E-state index contributed by atoms with van der Waals surface area (Å²) < 4.78 is 42.7. The first-order valence-electron chi connectivity index (χ1n) is 12.8. The highest BCUT2D eigenvalue weighted by Crippen LogP contribution is 2.52. The average molecular weight is 610 g/mol. The Balaban J connectivity index is 1.15. The molecule has 7 rings (SSSR count). The second-order valence-electron chi connectivity index (χ2n) is 10.1. The van der Waals surface area contributed by atoms with Crippen LogP contribution in [0.2, 0.25) is 0 Å². The van der Waals surface area contributed by atoms with Crippen LogP contribution in [0.4, 0.5) is 16.2 Å². The fraction of sp³-hybridized carbons (Fsp3) is 0.571. The molecule has 4 aromatic heterocycles. The number of nitrogen functional groups attached to an aromatic ring is 2. The number of nitrogens with one attached hydrogen (secondary N) is 1. The third-order valence-corrected chi connectivity index (χ3v) is 9.19. The summed E-state index contributed by atoms with van der Waals surface area (Å²) in [5.74, 6) is -0.582. The molecule has 1 unspecified atom stereocenters. The van der Waals surface area contributed by atoms with E-state index in [1.807, 2.05) is 0 Å². The lowest BCUT2D eigenvalue weighted by molar-refractivity contribution is -0.0484. The summed E-state index contributed by atoms with van der Waals surface area (Å²) in [6.45, 7) is -4.09. The van der Waals surface area contributed by atoms with E-state index >= 15 is 4.39 Å². The highest BCUT2D eigenvalue weighted by atomic mass is 32.5. The van der Waals surface area contributed by atoms with Crippen LogP contribution in [0.5, 0.6) is 0 Å². The summed E-state index contributed by atoms with van der Waals surface area (Å²) in [5, 5.41) is 7.99. The van der Waals surface area contributed by atoms with Gasteiger partial charge in [-0.05, 0) is 24.6 Å². The lowest BCUT2D eigenvalue weighted by Crippen LogP contribution is -2.27. The zero-order valence-corrected chi connectivity index (χ0v) is 22.9. The maximum absolute atomic E-state index is 15.9. The van der Waals surface area contributed by atoms with Gasteiger partial charge in [0.25, 0.3) is 5.56 Å². The number of anilines is 2. The van der Waals surface area contributed by atoms with Crippen molar-refractivity contribution in [2.24, 2.45) is 5.92 Å². The second-order valence-corrected chi connectivity index (χ2v) is 12.9. The fourth-order valence-electron chi connectivity index (χ4n) is 5.75. The predicted molar refractivity (Wildman–Crippen MR) is 142 cm³/mol. The van der Waals surface area contributed by atoms with Gasteiger partial charge in [-0.25, -0.2) is 19.3 Å². The summed E-state index contributed by atoms with van der Waals surface area (Å²) in [6.07, 6.45) is -0.717. The van der Waals surface area contributed by atoms with Crippen molar-refractivity contribution in [3.63, 3.8) is 0 Å². The Labute approximate surface area is 234 Å². The number of aromatic nitrogens is 9. The fourth-order valence-corrected chi connectivity index (χ4v) is 7.19. The Hall–Kier alpha value is -3.19. The van der Waals surface area contributed by atoms with Gasteiger partial charge >= 0.3 is 6.72 Å². The highest BCUT2D eigenvalue weighted by Gasteiger charge is 2.49. The van der Waals surface area contributed by atoms with Crippen LogP contribution >= 0.6 is 6.72 Å². The number of ether oxygens (including phenoxy) is 2. The summed E-state index contributed by atoms with van der Waals surface area (Å²) >= 11 is 5.33. The molecule has 0 amide bonds. The summed E-state index contributed by atoms with van der Waals surface area (Å²) in [4.78, 5) is 42.0. The van der Waals surface area contributed by atoms with E-state index in [2.05, 4.69) is 35.2 Å². The molecule has 8 atom stereocenters. The van der Waals surface area contributed by atoms with Crippen LogP contribution in [0.1, 0.15) is 38.1 Å². The number of rotatable bonds is 2. The van der Waals surface area contributed by atoms with Crippen molar-refractivity contribution in [2.45, 2.75) is 62.6 Å². The molecule has 0 saturated carbocycles. The van der Waals surface area contributed by atoms with E-state index < -0.39 is 49.0 Å². The number of hydrogen-bond donors (Lipinski definition) is 4. The number of hydrogen-bond acceptors (Lipinski definition) is 14. The Bertz CT molecular complexity index is 1730. The van der Waals surface area contributed by atoms with Crippen LogP contribution < -0.4 is 17.0 Å². The molecular weight excluding hydrogens is 584 g/mol. The van der Waals surface area contributed by atoms with Gasteiger partial charge in [-0.3, -0.25) is 14.3 Å². The molecule has 0 spiro atoms. The molecule has 3 saturated heterocycles. The molecule has 3 aliphatic heterocycles. The number of nitrogens with two attached hydrogens (primary N) is 2. The standard InChI is InChI=1S/C21H25FN11O6PS/c22-12-9-3-1-2-8-4-10(19(37-8)32-7-27-14-17(32)28-21(24)29-18(14)34)39-40(35,41)36-5-11(9)38-20(12)33-16-13(30-31-33)15(23)25-6-26-16/h6-12,19-20H,1-5H2,(H,35,41)(H2,23,25,26)(H3,24,28,29,34)/t8-,9-,10-,11-,12+,19-,20-,40?/m1/s1. The molecule has 3 aliphatic rings. The molecule has 6 N–H and O–H groups in total. The normalized spacial score (nSPS) is 34.4. The zero-order valence-electron chi connectivity index (χ0n) is 21.2. The number of nitrogens with zero attached hydrogens (tertiary/aromatic N) is 8. The molecule has 0 aliphatic carbocycles. The SMILES string of the molecule is Nc1nc2c(ncn2[C@@H]2O[C@@H]3CCC[C@H]4[C@H](F)[C@H](n5nnc6c(N)ncnc65)O[C@@H]4COP(O)(=S)O[C@@H]2C3)c(=O)[nH]1. The molecule has 0 radical (unpaired) electrons. The van der Waals surface area contributed by atoms with E-state index in [1.54, 1.807) is 0 Å². The van der Waals surface area contributed by atoms with Crippen LogP contribution in [0, 0.1) is 5.92 Å². The minimum Gasteiger partial charge on any atom is -0.382 e. The topological polar surface area (TPSA) is 229 Å². The summed E-state index contributed by atoms with van der Waals surface area (Å²) in [6, 6.07) is 0. The molecule has 7 heterocycles. The van der Waals surface area contributed by atoms with Crippen molar-refractivity contribution in [2.75, 3.05) is 18.1 Å². The largest absolute Gasteiger partial charge is 0.382 e. The molecule has 218 valence electrons. The van der Waals surface area contributed by atoms with Gasteiger partial charge in [0, 0.05) is 12.3 Å². The summed E-state index contributed by atoms with van der Waals surface area (Å²) in [7, 11) is 0. The van der Waals surface area contributed by atoms with E-state index in [1.165, 1.54) is 21.9 Å². The number of halogens is 1. The van der Waals surface area contributed by atoms with Gasteiger partial charge in [-0.15, -0.1) is 5.10 Å². The van der Waals surface area contributed by atoms with Crippen LogP contribution in [0.25, 0.3) is 22.3 Å². The number of H-pyrrole nitrogens is 1. The predicted octanol–water partition coefficient (Wildman–Crippen LogP) is 0.461. The first kappa shape index (κ1) is 26.7. The molecule has 0 aromatic carbocycles. The van der Waals surface area contributed by atoms with Crippen molar-refractivity contribution in [3.8, 4) is 0 Å². The van der Waals surface area contributed by atoms with Crippen LogP contribution in [0.3, 0.4) is 0 Å². The molecular formula is C21H25FN11O6PS. The van der Waals surface area contributed by atoms with Gasteiger partial charge in [-0.1, -0.05) is 11.6 Å². The van der Waals surface area contributed by atoms with Crippen LogP contribution in [-0.2, 0) is 30.3 Å². The van der Waals surface area contributed by atoms with Crippen molar-refractivity contribution in [1.29, 1.82) is 0 Å². The lowest BCUT2D eigenvalue weighted by Gasteiger charge is -2.26. The second kappa shape index (κ2) is 9.97. The molecule has 3 fully saturated rings. The Morgan fingerprint density at radius 1 is 1.12 bits per heavy atom. The molecule has 4 aromatic rings. The molecule has 17 nitrogen and oxygen atoms in total. The smallest absolute Gasteiger partial charge is 0.325 e. The van der Waals surface area contributed by atoms with Crippen molar-refractivity contribution < 1.29 is 27.8 Å². The van der Waals surface area contributed by atoms with Gasteiger partial charge in [0.1, 0.15) is 12.4 Å². The van der Waals surface area contributed by atoms with Gasteiger partial charge < -0.3 is 34.9 Å². The van der Waals surface area contributed by atoms with E-state index in [9.17, 15) is 9.69 Å². The Morgan fingerprint density at radius 3 is 2.83 bits per heavy atom. The summed E-state index contributed by atoms with van der Waals surface area (Å²) in [5.41, 5.74) is 11.8. The first-order chi connectivity index (χ1) is 19.7. The molecule has 20 heteroatoms. The van der Waals surface area contributed by atoms with Crippen LogP contribution in [0.15, 0.2) is 17.4 Å². The third kappa shape index (κ3) is 4.66. The number of imidazole rings is 1. The number of aromatic amines is 1. The van der Waals surface area contributed by atoms with Crippen molar-refractivity contribution in [3.05, 3.63) is 23.0 Å². The monoisotopic (exact) mass is 609 g/mol. The van der Waals surface area contributed by atoms with Crippen molar-refractivity contribution >= 4 is 52.6 Å². The zero-order chi connectivity index (χ0) is 28.5. The van der Waals surface area contributed by atoms with Crippen LogP contribution in [-0.4, -0.2) is 80.5 Å². The maximum Gasteiger partial charge on any atom is 0.325 e. The minimum absolute atomic E-state index is 0.0745. The number of fused-ring (bicyclic) bond motifs is 5. The first-order valence-corrected chi connectivity index (χ1v) is 15.4. The third-order valence-electron chi connectivity index (χ3n) is 7.61. The van der Waals surface area contributed by atoms with Crippen molar-refractivity contribution in [1.82, 2.24) is 44.5 Å². The molecule has 2 bridgehead atoms. The van der Waals surface area contributed by atoms with Gasteiger partial charge in [0.15, 0.2) is 46.8 Å². The minimum atomic E-state index is -3.87. The van der Waals surface area contributed by atoms with Gasteiger partial charge in [0.05, 0.1) is 25.1 Å². The maximum atomic E-state index is 15.9. The Kier molecular flexibility index (Phi) is 6.49. The molecule has 41 heavy (non-hydrogen) atoms. The van der Waals surface area contributed by atoms with E-state index in [0.29, 0.717) is 25.7 Å². The lowest BCUT2D eigenvalue weighted by atomic mass is 9.92. The van der Waals surface area contributed by atoms with E-state index in [0.717, 1.165) is 0 Å². The van der Waals surface area contributed by atoms with E-state index in [4.69, 9.17) is 41.8 Å². The quantitative estimate of drug-likeness (QED) is 0.226. The Morgan fingerprint density at radius 2 is 1.98 bits per heavy atom. The van der Waals surface area contributed by atoms with Gasteiger partial charge in [-0.2, -0.15) is 9.67 Å². The average Bonchev–Trinajstić information content (AvgIpc) is 3.68. The number of alkyl halides is 1. The van der Waals surface area contributed by atoms with Gasteiger partial charge in [0.2, 0.25) is 5.95 Å².